The van der Waals surface area contributed by atoms with E-state index in [1.54, 1.807) is 44.6 Å². The van der Waals surface area contributed by atoms with E-state index in [2.05, 4.69) is 15.3 Å². The third kappa shape index (κ3) is 5.95. The monoisotopic (exact) mass is 372 g/mol. The van der Waals surface area contributed by atoms with Gasteiger partial charge in [0.05, 0.1) is 0 Å². The summed E-state index contributed by atoms with van der Waals surface area (Å²) in [5.74, 6) is -0.0340. The molecule has 0 saturated heterocycles. The third-order valence-corrected chi connectivity index (χ3v) is 3.85. The topological polar surface area (TPSA) is 105 Å². The zero-order valence-electron chi connectivity index (χ0n) is 15.7. The maximum Gasteiger partial charge on any atom is 0.414 e. The Hall–Kier alpha value is -3.16. The number of nitrogens with zero attached hydrogens (tertiary/aromatic N) is 3. The summed E-state index contributed by atoms with van der Waals surface area (Å²) in [7, 11) is 3.19. The Morgan fingerprint density at radius 2 is 1.96 bits per heavy atom. The number of anilines is 1. The molecule has 0 unspecified atom stereocenters. The predicted octanol–water partition coefficient (Wildman–Crippen LogP) is 2.60. The number of aryl methyl sites for hydroxylation is 1. The zero-order chi connectivity index (χ0) is 19.8. The van der Waals surface area contributed by atoms with Crippen molar-refractivity contribution in [3.8, 4) is 5.75 Å². The molecular weight excluding hydrogens is 348 g/mol. The molecule has 0 spiro atoms. The molecule has 27 heavy (non-hydrogen) atoms. The molecule has 1 heterocycles. The first kappa shape index (κ1) is 20.2. The number of rotatable bonds is 8. The van der Waals surface area contributed by atoms with E-state index in [1.807, 2.05) is 6.92 Å². The Morgan fingerprint density at radius 1 is 1.26 bits per heavy atom. The van der Waals surface area contributed by atoms with E-state index in [9.17, 15) is 14.7 Å². The Kier molecular flexibility index (Phi) is 7.10. The first-order chi connectivity index (χ1) is 12.9. The third-order valence-electron chi connectivity index (χ3n) is 3.85. The second-order valence-corrected chi connectivity index (χ2v) is 6.29. The predicted molar refractivity (Wildman–Crippen MR) is 101 cm³/mol. The van der Waals surface area contributed by atoms with Crippen molar-refractivity contribution < 1.29 is 19.4 Å². The van der Waals surface area contributed by atoms with Crippen LogP contribution >= 0.6 is 0 Å². The summed E-state index contributed by atoms with van der Waals surface area (Å²) < 4.78 is 5.16. The van der Waals surface area contributed by atoms with Crippen LogP contribution in [0.1, 0.15) is 24.5 Å². The number of hydrogen-bond donors (Lipinski definition) is 2. The maximum atomic E-state index is 11.7. The van der Waals surface area contributed by atoms with Crippen LogP contribution in [0.15, 0.2) is 36.8 Å². The van der Waals surface area contributed by atoms with Crippen LogP contribution in [0.3, 0.4) is 0 Å². The van der Waals surface area contributed by atoms with Crippen LogP contribution in [0.5, 0.6) is 5.75 Å². The summed E-state index contributed by atoms with van der Waals surface area (Å²) in [5, 5.41) is 12.6. The molecule has 0 aliphatic carbocycles. The van der Waals surface area contributed by atoms with Crippen molar-refractivity contribution in [1.82, 2.24) is 14.9 Å². The zero-order valence-corrected chi connectivity index (χ0v) is 15.7. The minimum atomic E-state index is -0.973. The molecule has 2 aromatic rings. The fourth-order valence-electron chi connectivity index (χ4n) is 2.43. The SMILES string of the molecule is CCCc1cncnc1N[C@@H](Cc1ccc(OC(=O)N(C)C)cc1)C(=O)O. The van der Waals surface area contributed by atoms with Gasteiger partial charge >= 0.3 is 12.1 Å². The number of aliphatic carboxylic acids is 1. The highest BCUT2D eigenvalue weighted by Gasteiger charge is 2.20. The number of carbonyl (C=O) groups is 2. The molecule has 0 aliphatic heterocycles. The first-order valence-corrected chi connectivity index (χ1v) is 8.67. The van der Waals surface area contributed by atoms with Crippen LogP contribution < -0.4 is 10.1 Å². The minimum Gasteiger partial charge on any atom is -0.480 e. The number of carbonyl (C=O) groups excluding carboxylic acids is 1. The van der Waals surface area contributed by atoms with Gasteiger partial charge in [-0.1, -0.05) is 25.5 Å². The van der Waals surface area contributed by atoms with Crippen LogP contribution in [0.25, 0.3) is 0 Å². The molecule has 2 rings (SSSR count). The lowest BCUT2D eigenvalue weighted by Crippen LogP contribution is -2.32. The van der Waals surface area contributed by atoms with Gasteiger partial charge in [0.1, 0.15) is 23.9 Å². The number of carboxylic acids is 1. The second kappa shape index (κ2) is 9.51. The second-order valence-electron chi connectivity index (χ2n) is 6.29. The van der Waals surface area contributed by atoms with Gasteiger partial charge in [-0.05, 0) is 24.1 Å². The number of amides is 1. The molecule has 0 bridgehead atoms. The number of ether oxygens (including phenoxy) is 1. The average Bonchev–Trinajstić information content (AvgIpc) is 2.64. The summed E-state index contributed by atoms with van der Waals surface area (Å²) in [4.78, 5) is 32.7. The van der Waals surface area contributed by atoms with Gasteiger partial charge < -0.3 is 20.1 Å². The molecule has 8 nitrogen and oxygen atoms in total. The highest BCUT2D eigenvalue weighted by molar-refractivity contribution is 5.77. The van der Waals surface area contributed by atoms with Crippen molar-refractivity contribution in [2.45, 2.75) is 32.2 Å². The molecule has 0 aliphatic rings. The lowest BCUT2D eigenvalue weighted by molar-refractivity contribution is -0.137. The van der Waals surface area contributed by atoms with Gasteiger partial charge in [0.25, 0.3) is 0 Å². The Balaban J connectivity index is 2.08. The Labute approximate surface area is 158 Å². The number of aromatic nitrogens is 2. The number of benzene rings is 1. The minimum absolute atomic E-state index is 0.257. The van der Waals surface area contributed by atoms with E-state index < -0.39 is 18.1 Å². The summed E-state index contributed by atoms with van der Waals surface area (Å²) in [6, 6.07) is 5.92. The van der Waals surface area contributed by atoms with Crippen molar-refractivity contribution in [1.29, 1.82) is 0 Å². The number of carboxylic acid groups (broad SMARTS) is 1. The quantitative estimate of drug-likeness (QED) is 0.734. The van der Waals surface area contributed by atoms with Crippen molar-refractivity contribution in [2.24, 2.45) is 0 Å². The molecule has 1 aromatic heterocycles. The molecular formula is C19H24N4O4. The van der Waals surface area contributed by atoms with Gasteiger partial charge in [0.15, 0.2) is 0 Å². The molecule has 1 amide bonds. The van der Waals surface area contributed by atoms with Gasteiger partial charge in [-0.2, -0.15) is 0 Å². The van der Waals surface area contributed by atoms with Gasteiger partial charge in [-0.15, -0.1) is 0 Å². The van der Waals surface area contributed by atoms with Crippen molar-refractivity contribution in [3.05, 3.63) is 47.9 Å². The van der Waals surface area contributed by atoms with Crippen LogP contribution in [0.4, 0.5) is 10.6 Å². The summed E-state index contributed by atoms with van der Waals surface area (Å²) in [6.07, 6.45) is 4.56. The van der Waals surface area contributed by atoms with Crippen LogP contribution in [-0.4, -0.2) is 52.2 Å². The van der Waals surface area contributed by atoms with Gasteiger partial charge in [0.2, 0.25) is 0 Å². The van der Waals surface area contributed by atoms with E-state index >= 15 is 0 Å². The van der Waals surface area contributed by atoms with Crippen LogP contribution in [0, 0.1) is 0 Å². The molecule has 0 fully saturated rings. The van der Waals surface area contributed by atoms with E-state index in [0.717, 1.165) is 24.0 Å². The van der Waals surface area contributed by atoms with Crippen molar-refractivity contribution in [3.63, 3.8) is 0 Å². The normalized spacial score (nSPS) is 11.5. The summed E-state index contributed by atoms with van der Waals surface area (Å²) >= 11 is 0. The standard InChI is InChI=1S/C19H24N4O4/c1-4-5-14-11-20-12-21-17(14)22-16(18(24)25)10-13-6-8-15(9-7-13)27-19(26)23(2)3/h6-9,11-12,16H,4-5,10H2,1-3H3,(H,24,25)(H,20,21,22)/t16-/m0/s1. The van der Waals surface area contributed by atoms with E-state index in [0.29, 0.717) is 11.6 Å². The summed E-state index contributed by atoms with van der Waals surface area (Å²) in [5.41, 5.74) is 1.68. The summed E-state index contributed by atoms with van der Waals surface area (Å²) in [6.45, 7) is 2.04. The fraction of sp³-hybridized carbons (Fsp3) is 0.368. The highest BCUT2D eigenvalue weighted by atomic mass is 16.6. The molecule has 0 saturated carbocycles. The molecule has 8 heteroatoms. The lowest BCUT2D eigenvalue weighted by atomic mass is 10.1. The van der Waals surface area contributed by atoms with Gasteiger partial charge in [-0.25, -0.2) is 19.6 Å². The maximum absolute atomic E-state index is 11.7. The van der Waals surface area contributed by atoms with E-state index in [4.69, 9.17) is 4.74 Å². The largest absolute Gasteiger partial charge is 0.480 e. The van der Waals surface area contributed by atoms with Gasteiger partial charge in [0, 0.05) is 32.3 Å². The Morgan fingerprint density at radius 3 is 2.56 bits per heavy atom. The fourth-order valence-corrected chi connectivity index (χ4v) is 2.43. The van der Waals surface area contributed by atoms with Crippen molar-refractivity contribution in [2.75, 3.05) is 19.4 Å². The molecule has 1 atom stereocenters. The van der Waals surface area contributed by atoms with E-state index in [1.165, 1.54) is 11.2 Å². The first-order valence-electron chi connectivity index (χ1n) is 8.67. The molecule has 1 aromatic carbocycles. The number of nitrogens with one attached hydrogen (secondary N) is 1. The van der Waals surface area contributed by atoms with E-state index in [-0.39, 0.29) is 6.42 Å². The van der Waals surface area contributed by atoms with Crippen LogP contribution in [0.2, 0.25) is 0 Å². The van der Waals surface area contributed by atoms with Gasteiger partial charge in [-0.3, -0.25) is 0 Å². The smallest absolute Gasteiger partial charge is 0.414 e. The molecule has 0 radical (unpaired) electrons. The Bertz CT molecular complexity index is 778. The number of hydrogen-bond acceptors (Lipinski definition) is 6. The van der Waals surface area contributed by atoms with Crippen LogP contribution in [-0.2, 0) is 17.6 Å². The molecule has 2 N–H and O–H groups in total. The lowest BCUT2D eigenvalue weighted by Gasteiger charge is -2.17. The molecule has 144 valence electrons. The highest BCUT2D eigenvalue weighted by Crippen LogP contribution is 2.18. The average molecular weight is 372 g/mol. The van der Waals surface area contributed by atoms with Crippen molar-refractivity contribution >= 4 is 17.9 Å².